The Morgan fingerprint density at radius 1 is 1.71 bits per heavy atom. The zero-order valence-corrected chi connectivity index (χ0v) is 10.3. The first-order valence-corrected chi connectivity index (χ1v) is 5.88. The number of rotatable bonds is 5. The van der Waals surface area contributed by atoms with Crippen LogP contribution in [-0.2, 0) is 0 Å². The summed E-state index contributed by atoms with van der Waals surface area (Å²) in [6.45, 7) is 0.948. The van der Waals surface area contributed by atoms with Gasteiger partial charge in [-0.25, -0.2) is 0 Å². The van der Waals surface area contributed by atoms with Crippen LogP contribution in [0.15, 0.2) is 15.9 Å². The molecule has 1 rings (SSSR count). The van der Waals surface area contributed by atoms with E-state index in [2.05, 4.69) is 15.9 Å². The van der Waals surface area contributed by atoms with Crippen molar-refractivity contribution in [3.05, 3.63) is 20.8 Å². The molecule has 0 amide bonds. The summed E-state index contributed by atoms with van der Waals surface area (Å²) in [7, 11) is 1.82. The molecule has 0 spiro atoms. The number of aliphatic hydroxyl groups excluding tert-OH is 1. The SMILES string of the molecule is CN(CCO)CC(=O)c1sccc1Br. The van der Waals surface area contributed by atoms with Gasteiger partial charge < -0.3 is 5.11 Å². The maximum absolute atomic E-state index is 11.7. The van der Waals surface area contributed by atoms with Crippen molar-refractivity contribution < 1.29 is 9.90 Å². The molecule has 5 heteroatoms. The van der Waals surface area contributed by atoms with Gasteiger partial charge in [-0.15, -0.1) is 11.3 Å². The molecule has 1 heterocycles. The predicted molar refractivity (Wildman–Crippen MR) is 60.9 cm³/mol. The number of hydrogen-bond donors (Lipinski definition) is 1. The van der Waals surface area contributed by atoms with Crippen molar-refractivity contribution in [3.63, 3.8) is 0 Å². The minimum Gasteiger partial charge on any atom is -0.395 e. The molecule has 1 aromatic rings. The Hall–Kier alpha value is -0.230. The first-order valence-electron chi connectivity index (χ1n) is 4.20. The number of Topliss-reactive ketones (excluding diaryl/α,β-unsaturated/α-hetero) is 1. The van der Waals surface area contributed by atoms with Crippen LogP contribution in [0.2, 0.25) is 0 Å². The maximum Gasteiger partial charge on any atom is 0.187 e. The van der Waals surface area contributed by atoms with Gasteiger partial charge in [0.2, 0.25) is 0 Å². The largest absolute Gasteiger partial charge is 0.395 e. The lowest BCUT2D eigenvalue weighted by molar-refractivity contribution is 0.0939. The highest BCUT2D eigenvalue weighted by Crippen LogP contribution is 2.23. The quantitative estimate of drug-likeness (QED) is 0.832. The molecule has 0 unspecified atom stereocenters. The minimum atomic E-state index is 0.0788. The van der Waals surface area contributed by atoms with Crippen LogP contribution in [0.3, 0.4) is 0 Å². The molecule has 0 aliphatic carbocycles. The zero-order valence-electron chi connectivity index (χ0n) is 7.86. The first kappa shape index (κ1) is 11.8. The Morgan fingerprint density at radius 3 is 2.93 bits per heavy atom. The number of thiophene rings is 1. The van der Waals surface area contributed by atoms with E-state index in [0.717, 1.165) is 9.35 Å². The third-order valence-corrected chi connectivity index (χ3v) is 3.64. The van der Waals surface area contributed by atoms with E-state index < -0.39 is 0 Å². The summed E-state index contributed by atoms with van der Waals surface area (Å²) in [6, 6.07) is 1.87. The second kappa shape index (κ2) is 5.60. The topological polar surface area (TPSA) is 40.5 Å². The lowest BCUT2D eigenvalue weighted by atomic mass is 10.3. The van der Waals surface area contributed by atoms with Crippen LogP contribution in [0.4, 0.5) is 0 Å². The Labute approximate surface area is 95.5 Å². The lowest BCUT2D eigenvalue weighted by Gasteiger charge is -2.13. The van der Waals surface area contributed by atoms with Gasteiger partial charge in [-0.05, 0) is 34.4 Å². The van der Waals surface area contributed by atoms with Crippen molar-refractivity contribution in [1.29, 1.82) is 0 Å². The van der Waals surface area contributed by atoms with Gasteiger partial charge in [0.1, 0.15) is 0 Å². The Morgan fingerprint density at radius 2 is 2.43 bits per heavy atom. The summed E-state index contributed by atoms with van der Waals surface area (Å²) in [6.07, 6.45) is 0. The second-order valence-electron chi connectivity index (χ2n) is 2.98. The second-order valence-corrected chi connectivity index (χ2v) is 4.75. The number of halogens is 1. The summed E-state index contributed by atoms with van der Waals surface area (Å²) in [5.74, 6) is 0.0859. The van der Waals surface area contributed by atoms with E-state index in [1.807, 2.05) is 18.5 Å². The number of carbonyl (C=O) groups excluding carboxylic acids is 1. The van der Waals surface area contributed by atoms with Crippen LogP contribution < -0.4 is 0 Å². The van der Waals surface area contributed by atoms with Gasteiger partial charge in [0.05, 0.1) is 18.0 Å². The summed E-state index contributed by atoms with van der Waals surface area (Å²) >= 11 is 4.75. The molecule has 0 atom stereocenters. The molecular weight excluding hydrogens is 266 g/mol. The highest BCUT2D eigenvalue weighted by molar-refractivity contribution is 9.10. The number of ketones is 1. The van der Waals surface area contributed by atoms with Crippen LogP contribution in [0.25, 0.3) is 0 Å². The Bertz CT molecular complexity index is 314. The maximum atomic E-state index is 11.7. The number of likely N-dealkylation sites (N-methyl/N-ethyl adjacent to an activating group) is 1. The molecule has 0 saturated carbocycles. The molecule has 0 bridgehead atoms. The molecule has 0 aliphatic rings. The third-order valence-electron chi connectivity index (χ3n) is 1.77. The first-order chi connectivity index (χ1) is 6.65. The number of carbonyl (C=O) groups is 1. The van der Waals surface area contributed by atoms with Gasteiger partial charge in [0.15, 0.2) is 5.78 Å². The van der Waals surface area contributed by atoms with Crippen LogP contribution in [0, 0.1) is 0 Å². The van der Waals surface area contributed by atoms with Crippen LogP contribution in [-0.4, -0.2) is 42.5 Å². The Kier molecular flexibility index (Phi) is 4.74. The fourth-order valence-electron chi connectivity index (χ4n) is 1.06. The van der Waals surface area contributed by atoms with Crippen molar-refractivity contribution in [2.45, 2.75) is 0 Å². The Balaban J connectivity index is 2.55. The molecule has 0 aliphatic heterocycles. The van der Waals surface area contributed by atoms with Crippen LogP contribution in [0.1, 0.15) is 9.67 Å². The summed E-state index contributed by atoms with van der Waals surface area (Å²) in [5.41, 5.74) is 0. The fourth-order valence-corrected chi connectivity index (χ4v) is 2.58. The highest BCUT2D eigenvalue weighted by atomic mass is 79.9. The molecule has 0 aromatic carbocycles. The molecule has 14 heavy (non-hydrogen) atoms. The van der Waals surface area contributed by atoms with Gasteiger partial charge in [-0.3, -0.25) is 9.69 Å². The summed E-state index contributed by atoms with van der Waals surface area (Å²) < 4.78 is 0.852. The van der Waals surface area contributed by atoms with Gasteiger partial charge in [-0.1, -0.05) is 0 Å². The van der Waals surface area contributed by atoms with E-state index >= 15 is 0 Å². The van der Waals surface area contributed by atoms with E-state index in [-0.39, 0.29) is 12.4 Å². The predicted octanol–water partition coefficient (Wildman–Crippen LogP) is 1.62. The van der Waals surface area contributed by atoms with E-state index in [9.17, 15) is 4.79 Å². The highest BCUT2D eigenvalue weighted by Gasteiger charge is 2.13. The smallest absolute Gasteiger partial charge is 0.187 e. The summed E-state index contributed by atoms with van der Waals surface area (Å²) in [5, 5.41) is 10.6. The van der Waals surface area contributed by atoms with Gasteiger partial charge in [-0.2, -0.15) is 0 Å². The average Bonchev–Trinajstić information content (AvgIpc) is 2.51. The molecule has 78 valence electrons. The average molecular weight is 278 g/mol. The standard InChI is InChI=1S/C9H12BrNO2S/c1-11(3-4-12)6-8(13)9-7(10)2-5-14-9/h2,5,12H,3-4,6H2,1H3. The number of aliphatic hydroxyl groups is 1. The van der Waals surface area contributed by atoms with Gasteiger partial charge in [0.25, 0.3) is 0 Å². The minimum absolute atomic E-state index is 0.0788. The summed E-state index contributed by atoms with van der Waals surface area (Å²) in [4.78, 5) is 14.2. The monoisotopic (exact) mass is 277 g/mol. The van der Waals surface area contributed by atoms with Crippen molar-refractivity contribution in [2.75, 3.05) is 26.7 Å². The van der Waals surface area contributed by atoms with Crippen LogP contribution >= 0.6 is 27.3 Å². The third kappa shape index (κ3) is 3.16. The van der Waals surface area contributed by atoms with E-state index in [4.69, 9.17) is 5.11 Å². The normalized spacial score (nSPS) is 10.9. The molecule has 1 aromatic heterocycles. The molecule has 3 nitrogen and oxygen atoms in total. The molecule has 0 radical (unpaired) electrons. The molecule has 0 saturated heterocycles. The van der Waals surface area contributed by atoms with Crippen molar-refractivity contribution >= 4 is 33.0 Å². The van der Waals surface area contributed by atoms with E-state index in [0.29, 0.717) is 13.1 Å². The molecule has 1 N–H and O–H groups in total. The molecular formula is C9H12BrNO2S. The zero-order chi connectivity index (χ0) is 10.6. The van der Waals surface area contributed by atoms with E-state index in [1.165, 1.54) is 11.3 Å². The van der Waals surface area contributed by atoms with Crippen molar-refractivity contribution in [1.82, 2.24) is 4.90 Å². The van der Waals surface area contributed by atoms with Gasteiger partial charge >= 0.3 is 0 Å². The van der Waals surface area contributed by atoms with Crippen molar-refractivity contribution in [2.24, 2.45) is 0 Å². The molecule has 0 fully saturated rings. The van der Waals surface area contributed by atoms with Crippen molar-refractivity contribution in [3.8, 4) is 0 Å². The fraction of sp³-hybridized carbons (Fsp3) is 0.444. The van der Waals surface area contributed by atoms with E-state index in [1.54, 1.807) is 4.90 Å². The number of nitrogens with zero attached hydrogens (tertiary/aromatic N) is 1. The van der Waals surface area contributed by atoms with Crippen LogP contribution in [0.5, 0.6) is 0 Å². The van der Waals surface area contributed by atoms with Gasteiger partial charge in [0, 0.05) is 11.0 Å². The lowest BCUT2D eigenvalue weighted by Crippen LogP contribution is -2.28. The number of hydrogen-bond acceptors (Lipinski definition) is 4.